The molecule has 0 unspecified atom stereocenters. The summed E-state index contributed by atoms with van der Waals surface area (Å²) in [6.45, 7) is 2.38. The van der Waals surface area contributed by atoms with Crippen LogP contribution in [0.5, 0.6) is 0 Å². The minimum absolute atomic E-state index is 0.178. The van der Waals surface area contributed by atoms with Crippen molar-refractivity contribution in [3.05, 3.63) is 46.7 Å². The molecule has 0 aliphatic rings. The lowest BCUT2D eigenvalue weighted by Gasteiger charge is -2.02. The lowest BCUT2D eigenvalue weighted by Crippen LogP contribution is -1.88. The summed E-state index contributed by atoms with van der Waals surface area (Å²) < 4.78 is 0. The highest BCUT2D eigenvalue weighted by Crippen LogP contribution is 2.13. The Hall–Kier alpha value is -1.81. The van der Waals surface area contributed by atoms with Crippen molar-refractivity contribution in [3.8, 4) is 6.07 Å². The van der Waals surface area contributed by atoms with Gasteiger partial charge in [-0.1, -0.05) is 38.3 Å². The van der Waals surface area contributed by atoms with Crippen molar-refractivity contribution in [1.82, 2.24) is 0 Å². The second kappa shape index (κ2) is 10.0. The van der Waals surface area contributed by atoms with Crippen LogP contribution in [0.2, 0.25) is 0 Å². The van der Waals surface area contributed by atoms with Crippen LogP contribution in [-0.4, -0.2) is 11.7 Å². The number of nitriles is 1. The second-order valence-electron chi connectivity index (χ2n) is 4.91. The summed E-state index contributed by atoms with van der Waals surface area (Å²) in [6.07, 6.45) is 8.55. The van der Waals surface area contributed by atoms with Crippen molar-refractivity contribution in [2.45, 2.75) is 45.4 Å². The summed E-state index contributed by atoms with van der Waals surface area (Å²) >= 11 is 0. The third kappa shape index (κ3) is 6.38. The van der Waals surface area contributed by atoms with Gasteiger partial charge in [-0.05, 0) is 48.6 Å². The molecule has 0 saturated heterocycles. The Morgan fingerprint density at radius 3 is 2.50 bits per heavy atom. The first-order valence-corrected chi connectivity index (χ1v) is 7.35. The molecule has 20 heavy (non-hydrogen) atoms. The highest BCUT2D eigenvalue weighted by molar-refractivity contribution is 5.51. The number of hydrogen-bond donors (Lipinski definition) is 1. The van der Waals surface area contributed by atoms with E-state index in [1.807, 2.05) is 18.2 Å². The largest absolute Gasteiger partial charge is 0.396 e. The van der Waals surface area contributed by atoms with Gasteiger partial charge in [-0.15, -0.1) is 5.73 Å². The molecule has 0 aromatic heterocycles. The lowest BCUT2D eigenvalue weighted by molar-refractivity contribution is 0.297. The normalized spacial score (nSPS) is 9.65. The fraction of sp³-hybridized carbons (Fsp3) is 0.444. The van der Waals surface area contributed by atoms with E-state index < -0.39 is 0 Å². The number of benzene rings is 1. The maximum Gasteiger partial charge on any atom is 0.0991 e. The van der Waals surface area contributed by atoms with Gasteiger partial charge in [-0.25, -0.2) is 0 Å². The Balaban J connectivity index is 2.67. The van der Waals surface area contributed by atoms with Gasteiger partial charge in [-0.3, -0.25) is 0 Å². The van der Waals surface area contributed by atoms with Gasteiger partial charge in [0.25, 0.3) is 0 Å². The van der Waals surface area contributed by atoms with E-state index in [4.69, 9.17) is 10.4 Å². The zero-order chi connectivity index (χ0) is 14.6. The molecule has 2 heteroatoms. The number of aliphatic hydroxyl groups is 1. The molecule has 0 aliphatic heterocycles. The fourth-order valence-electron chi connectivity index (χ4n) is 2.01. The summed E-state index contributed by atoms with van der Waals surface area (Å²) in [6, 6.07) is 9.55. The predicted molar refractivity (Wildman–Crippen MR) is 83.1 cm³/mol. The van der Waals surface area contributed by atoms with Crippen LogP contribution in [0.3, 0.4) is 0 Å². The first kappa shape index (κ1) is 16.2. The minimum Gasteiger partial charge on any atom is -0.396 e. The number of rotatable bonds is 8. The van der Waals surface area contributed by atoms with E-state index in [1.54, 1.807) is 12.1 Å². The molecule has 0 atom stereocenters. The van der Waals surface area contributed by atoms with Gasteiger partial charge in [0, 0.05) is 6.61 Å². The average Bonchev–Trinajstić information content (AvgIpc) is 2.49. The highest BCUT2D eigenvalue weighted by atomic mass is 16.2. The molecule has 106 valence electrons. The molecular weight excluding hydrogens is 246 g/mol. The van der Waals surface area contributed by atoms with Crippen molar-refractivity contribution in [1.29, 1.82) is 5.26 Å². The van der Waals surface area contributed by atoms with Crippen molar-refractivity contribution in [3.63, 3.8) is 0 Å². The quantitative estimate of drug-likeness (QED) is 0.559. The van der Waals surface area contributed by atoms with E-state index in [9.17, 15) is 0 Å². The molecule has 0 fully saturated rings. The Morgan fingerprint density at radius 1 is 1.15 bits per heavy atom. The van der Waals surface area contributed by atoms with E-state index in [0.29, 0.717) is 12.0 Å². The van der Waals surface area contributed by atoms with Gasteiger partial charge in [0.2, 0.25) is 0 Å². The molecule has 0 saturated carbocycles. The summed E-state index contributed by atoms with van der Waals surface area (Å²) in [5.41, 5.74) is 6.18. The van der Waals surface area contributed by atoms with Crippen molar-refractivity contribution >= 4 is 6.08 Å². The van der Waals surface area contributed by atoms with Gasteiger partial charge in [0.1, 0.15) is 0 Å². The molecule has 0 amide bonds. The number of unbranched alkanes of at least 4 members (excludes halogenated alkanes) is 3. The standard InChI is InChI=1S/C18H23NO/c1-2-3-4-5-6-16(13-14-20)7-8-17-9-11-18(15-19)12-10-17/h8-12,20H,2-6,13-14H2,1H3. The Labute approximate surface area is 122 Å². The lowest BCUT2D eigenvalue weighted by atomic mass is 10.0. The summed E-state index contributed by atoms with van der Waals surface area (Å²) in [5.74, 6) is 0. The average molecular weight is 269 g/mol. The minimum atomic E-state index is 0.178. The zero-order valence-electron chi connectivity index (χ0n) is 12.2. The van der Waals surface area contributed by atoms with E-state index in [1.165, 1.54) is 24.8 Å². The first-order chi connectivity index (χ1) is 9.80. The molecule has 1 rings (SSSR count). The van der Waals surface area contributed by atoms with E-state index in [2.05, 4.69) is 18.7 Å². The summed E-state index contributed by atoms with van der Waals surface area (Å²) in [7, 11) is 0. The molecule has 0 heterocycles. The summed E-state index contributed by atoms with van der Waals surface area (Å²) in [5, 5.41) is 17.8. The van der Waals surface area contributed by atoms with Crippen LogP contribution in [0.4, 0.5) is 0 Å². The Morgan fingerprint density at radius 2 is 1.90 bits per heavy atom. The number of nitrogens with zero attached hydrogens (tertiary/aromatic N) is 1. The molecule has 1 aromatic rings. The topological polar surface area (TPSA) is 44.0 Å². The van der Waals surface area contributed by atoms with Crippen LogP contribution in [0.15, 0.2) is 35.6 Å². The second-order valence-corrected chi connectivity index (χ2v) is 4.91. The number of hydrogen-bond acceptors (Lipinski definition) is 2. The van der Waals surface area contributed by atoms with Gasteiger partial charge in [0.15, 0.2) is 0 Å². The summed E-state index contributed by atoms with van der Waals surface area (Å²) in [4.78, 5) is 0. The monoisotopic (exact) mass is 269 g/mol. The van der Waals surface area contributed by atoms with E-state index >= 15 is 0 Å². The molecule has 2 nitrogen and oxygen atoms in total. The van der Waals surface area contributed by atoms with Crippen LogP contribution in [-0.2, 0) is 0 Å². The van der Waals surface area contributed by atoms with Gasteiger partial charge < -0.3 is 5.11 Å². The maximum absolute atomic E-state index is 9.09. The van der Waals surface area contributed by atoms with Crippen molar-refractivity contribution in [2.24, 2.45) is 0 Å². The third-order valence-electron chi connectivity index (χ3n) is 3.23. The van der Waals surface area contributed by atoms with Crippen LogP contribution >= 0.6 is 0 Å². The smallest absolute Gasteiger partial charge is 0.0991 e. The SMILES string of the molecule is CCCCCCC(=C=Cc1ccc(C#N)cc1)CCO. The highest BCUT2D eigenvalue weighted by Gasteiger charge is 1.96. The van der Waals surface area contributed by atoms with E-state index in [-0.39, 0.29) is 6.61 Å². The molecule has 1 N–H and O–H groups in total. The van der Waals surface area contributed by atoms with Crippen LogP contribution in [0, 0.1) is 11.3 Å². The zero-order valence-corrected chi connectivity index (χ0v) is 12.2. The fourth-order valence-corrected chi connectivity index (χ4v) is 2.01. The molecule has 0 spiro atoms. The predicted octanol–water partition coefficient (Wildman–Crippen LogP) is 4.45. The Kier molecular flexibility index (Phi) is 8.15. The molecule has 1 aromatic carbocycles. The number of aliphatic hydroxyl groups excluding tert-OH is 1. The molecular formula is C18H23NO. The molecule has 0 bridgehead atoms. The van der Waals surface area contributed by atoms with Crippen LogP contribution in [0.25, 0.3) is 6.08 Å². The first-order valence-electron chi connectivity index (χ1n) is 7.35. The van der Waals surface area contributed by atoms with E-state index in [0.717, 1.165) is 18.4 Å². The van der Waals surface area contributed by atoms with Crippen LogP contribution in [0.1, 0.15) is 56.6 Å². The van der Waals surface area contributed by atoms with Crippen molar-refractivity contribution < 1.29 is 5.11 Å². The van der Waals surface area contributed by atoms with Crippen LogP contribution < -0.4 is 0 Å². The van der Waals surface area contributed by atoms with Crippen molar-refractivity contribution in [2.75, 3.05) is 6.61 Å². The molecule has 0 aliphatic carbocycles. The molecule has 0 radical (unpaired) electrons. The van der Waals surface area contributed by atoms with Gasteiger partial charge >= 0.3 is 0 Å². The van der Waals surface area contributed by atoms with Gasteiger partial charge in [-0.2, -0.15) is 5.26 Å². The third-order valence-corrected chi connectivity index (χ3v) is 3.23. The maximum atomic E-state index is 9.09. The Bertz CT molecular complexity index is 487. The van der Waals surface area contributed by atoms with Gasteiger partial charge in [0.05, 0.1) is 11.6 Å².